The van der Waals surface area contributed by atoms with Crippen molar-refractivity contribution < 1.29 is 0 Å². The van der Waals surface area contributed by atoms with E-state index in [9.17, 15) is 0 Å². The molecular formula is C14H33N2P. The fourth-order valence-electron chi connectivity index (χ4n) is 2.06. The smallest absolute Gasteiger partial charge is 0.00157 e. The van der Waals surface area contributed by atoms with Crippen molar-refractivity contribution in [1.82, 2.24) is 9.80 Å². The van der Waals surface area contributed by atoms with Gasteiger partial charge in [0.1, 0.15) is 0 Å². The highest BCUT2D eigenvalue weighted by Crippen LogP contribution is 2.13. The lowest BCUT2D eigenvalue weighted by Gasteiger charge is -2.18. The molecule has 0 heterocycles. The summed E-state index contributed by atoms with van der Waals surface area (Å²) >= 11 is 0. The summed E-state index contributed by atoms with van der Waals surface area (Å²) in [5.41, 5.74) is 0. The first-order chi connectivity index (χ1) is 8.28. The van der Waals surface area contributed by atoms with Crippen molar-refractivity contribution in [2.24, 2.45) is 0 Å². The molecule has 0 radical (unpaired) electrons. The third-order valence-corrected chi connectivity index (χ3v) is 4.86. The first-order valence-corrected chi connectivity index (χ1v) is 8.85. The second-order valence-electron chi connectivity index (χ2n) is 4.51. The van der Waals surface area contributed by atoms with Gasteiger partial charge in [-0.05, 0) is 64.4 Å². The topological polar surface area (TPSA) is 6.48 Å². The van der Waals surface area contributed by atoms with Crippen molar-refractivity contribution in [3.8, 4) is 0 Å². The van der Waals surface area contributed by atoms with E-state index in [0.717, 1.165) is 0 Å². The molecule has 17 heavy (non-hydrogen) atoms. The molecule has 0 saturated carbocycles. The Bertz CT molecular complexity index is 129. The van der Waals surface area contributed by atoms with Crippen molar-refractivity contribution in [3.63, 3.8) is 0 Å². The van der Waals surface area contributed by atoms with Crippen LogP contribution in [-0.2, 0) is 0 Å². The van der Waals surface area contributed by atoms with E-state index in [1.807, 2.05) is 0 Å². The average molecular weight is 260 g/mol. The van der Waals surface area contributed by atoms with Crippen LogP contribution < -0.4 is 0 Å². The van der Waals surface area contributed by atoms with E-state index in [-0.39, 0.29) is 0 Å². The van der Waals surface area contributed by atoms with E-state index in [0.29, 0.717) is 0 Å². The van der Waals surface area contributed by atoms with Crippen molar-refractivity contribution in [3.05, 3.63) is 0 Å². The lowest BCUT2D eigenvalue weighted by atomic mass is 10.4. The molecule has 0 aliphatic rings. The molecule has 0 fully saturated rings. The third kappa shape index (κ3) is 10.00. The van der Waals surface area contributed by atoms with Crippen LogP contribution >= 0.6 is 8.58 Å². The fraction of sp³-hybridized carbons (Fsp3) is 1.00. The van der Waals surface area contributed by atoms with Gasteiger partial charge in [-0.3, -0.25) is 0 Å². The van der Waals surface area contributed by atoms with Gasteiger partial charge in [0.15, 0.2) is 0 Å². The quantitative estimate of drug-likeness (QED) is 0.393. The van der Waals surface area contributed by atoms with E-state index in [1.54, 1.807) is 0 Å². The molecule has 0 amide bonds. The summed E-state index contributed by atoms with van der Waals surface area (Å²) < 4.78 is 0. The molecule has 0 aliphatic carbocycles. The minimum atomic E-state index is 1.18. The van der Waals surface area contributed by atoms with Crippen LogP contribution in [0.25, 0.3) is 0 Å². The van der Waals surface area contributed by atoms with E-state index in [1.165, 1.54) is 73.0 Å². The molecular weight excluding hydrogens is 227 g/mol. The summed E-state index contributed by atoms with van der Waals surface area (Å²) in [6.45, 7) is 16.5. The summed E-state index contributed by atoms with van der Waals surface area (Å²) in [6.07, 6.45) is 5.67. The largest absolute Gasteiger partial charge is 0.304 e. The van der Waals surface area contributed by atoms with Gasteiger partial charge in [-0.25, -0.2) is 0 Å². The minimum absolute atomic E-state index is 1.18. The molecule has 2 nitrogen and oxygen atoms in total. The van der Waals surface area contributed by atoms with Crippen LogP contribution in [0, 0.1) is 0 Å². The van der Waals surface area contributed by atoms with Gasteiger partial charge in [-0.1, -0.05) is 27.7 Å². The maximum absolute atomic E-state index is 2.53. The highest BCUT2D eigenvalue weighted by Gasteiger charge is 1.99. The predicted molar refractivity (Wildman–Crippen MR) is 82.9 cm³/mol. The highest BCUT2D eigenvalue weighted by molar-refractivity contribution is 7.37. The van der Waals surface area contributed by atoms with Crippen molar-refractivity contribution >= 4 is 8.58 Å². The Morgan fingerprint density at radius 2 is 1.00 bits per heavy atom. The van der Waals surface area contributed by atoms with Crippen LogP contribution in [0.4, 0.5) is 0 Å². The highest BCUT2D eigenvalue weighted by atomic mass is 31.1. The van der Waals surface area contributed by atoms with Crippen LogP contribution in [0.5, 0.6) is 0 Å². The molecule has 0 aromatic heterocycles. The standard InChI is InChI=1S/C14H33N2P/c1-5-15(6-2)11-9-13-17-14-10-12-16(7-3)8-4/h17H,5-14H2,1-4H3. The molecule has 0 atom stereocenters. The van der Waals surface area contributed by atoms with Gasteiger partial charge in [0.05, 0.1) is 0 Å². The van der Waals surface area contributed by atoms with Crippen LogP contribution in [-0.4, -0.2) is 61.4 Å². The molecule has 0 rings (SSSR count). The Labute approximate surface area is 111 Å². The summed E-state index contributed by atoms with van der Waals surface area (Å²) in [7, 11) is 1.18. The zero-order chi connectivity index (χ0) is 12.9. The van der Waals surface area contributed by atoms with Gasteiger partial charge in [0.25, 0.3) is 0 Å². The Hall–Kier alpha value is 0.350. The molecule has 0 N–H and O–H groups in total. The molecule has 104 valence electrons. The lowest BCUT2D eigenvalue weighted by Crippen LogP contribution is -2.24. The van der Waals surface area contributed by atoms with Gasteiger partial charge in [0, 0.05) is 0 Å². The number of nitrogens with zero attached hydrogens (tertiary/aromatic N) is 2. The van der Waals surface area contributed by atoms with Crippen LogP contribution in [0.15, 0.2) is 0 Å². The lowest BCUT2D eigenvalue weighted by molar-refractivity contribution is 0.304. The van der Waals surface area contributed by atoms with E-state index < -0.39 is 0 Å². The maximum Gasteiger partial charge on any atom is -0.00157 e. The van der Waals surface area contributed by atoms with Gasteiger partial charge >= 0.3 is 0 Å². The minimum Gasteiger partial charge on any atom is -0.304 e. The number of hydrogen-bond acceptors (Lipinski definition) is 2. The number of hydrogen-bond donors (Lipinski definition) is 0. The predicted octanol–water partition coefficient (Wildman–Crippen LogP) is 3.13. The van der Waals surface area contributed by atoms with Gasteiger partial charge in [-0.15, -0.1) is 8.58 Å². The van der Waals surface area contributed by atoms with Gasteiger partial charge < -0.3 is 9.80 Å². The Morgan fingerprint density at radius 3 is 1.29 bits per heavy atom. The van der Waals surface area contributed by atoms with Gasteiger partial charge in [-0.2, -0.15) is 0 Å². The monoisotopic (exact) mass is 260 g/mol. The second-order valence-corrected chi connectivity index (χ2v) is 6.01. The van der Waals surface area contributed by atoms with Crippen LogP contribution in [0.2, 0.25) is 0 Å². The van der Waals surface area contributed by atoms with Crippen LogP contribution in [0.1, 0.15) is 40.5 Å². The third-order valence-electron chi connectivity index (χ3n) is 3.44. The Morgan fingerprint density at radius 1 is 0.647 bits per heavy atom. The zero-order valence-electron chi connectivity index (χ0n) is 12.5. The molecule has 0 aromatic rings. The zero-order valence-corrected chi connectivity index (χ0v) is 13.5. The normalized spacial score (nSPS) is 11.6. The van der Waals surface area contributed by atoms with Gasteiger partial charge in [0.2, 0.25) is 0 Å². The molecule has 0 spiro atoms. The molecule has 0 unspecified atom stereocenters. The SMILES string of the molecule is CCN(CC)CCCPCCCN(CC)CC. The van der Waals surface area contributed by atoms with E-state index >= 15 is 0 Å². The second kappa shape index (κ2) is 12.8. The molecule has 0 bridgehead atoms. The Kier molecular flexibility index (Phi) is 13.1. The van der Waals surface area contributed by atoms with Crippen LogP contribution in [0.3, 0.4) is 0 Å². The summed E-state index contributed by atoms with van der Waals surface area (Å²) in [5, 5.41) is 0. The summed E-state index contributed by atoms with van der Waals surface area (Å²) in [4.78, 5) is 5.06. The average Bonchev–Trinajstić information content (AvgIpc) is 2.37. The first kappa shape index (κ1) is 17.4. The van der Waals surface area contributed by atoms with Crippen molar-refractivity contribution in [1.29, 1.82) is 0 Å². The first-order valence-electron chi connectivity index (χ1n) is 7.43. The summed E-state index contributed by atoms with van der Waals surface area (Å²) in [5.74, 6) is 0. The molecule has 3 heteroatoms. The fourth-order valence-corrected chi connectivity index (χ4v) is 3.13. The van der Waals surface area contributed by atoms with Crippen molar-refractivity contribution in [2.45, 2.75) is 40.5 Å². The molecule has 0 aromatic carbocycles. The van der Waals surface area contributed by atoms with E-state index in [2.05, 4.69) is 37.5 Å². The Balaban J connectivity index is 3.23. The van der Waals surface area contributed by atoms with Crippen molar-refractivity contribution in [2.75, 3.05) is 51.6 Å². The molecule has 0 saturated heterocycles. The molecule has 0 aliphatic heterocycles. The maximum atomic E-state index is 2.53. The number of rotatable bonds is 12. The van der Waals surface area contributed by atoms with E-state index in [4.69, 9.17) is 0 Å². The summed E-state index contributed by atoms with van der Waals surface area (Å²) in [6, 6.07) is 0.